The predicted molar refractivity (Wildman–Crippen MR) is 78.6 cm³/mol. The summed E-state index contributed by atoms with van der Waals surface area (Å²) in [4.78, 5) is 25.7. The van der Waals surface area contributed by atoms with Gasteiger partial charge in [0, 0.05) is 13.2 Å². The van der Waals surface area contributed by atoms with E-state index >= 15 is 0 Å². The highest BCUT2D eigenvalue weighted by Gasteiger charge is 2.20. The molecule has 0 aliphatic carbocycles. The molecule has 8 heteroatoms. The topological polar surface area (TPSA) is 94.4 Å². The second-order valence-electron chi connectivity index (χ2n) is 4.66. The van der Waals surface area contributed by atoms with Crippen LogP contribution in [0.5, 0.6) is 0 Å². The number of nitrogens with zero attached hydrogens (tertiary/aromatic N) is 2. The van der Waals surface area contributed by atoms with Crippen LogP contribution in [-0.4, -0.2) is 35.1 Å². The van der Waals surface area contributed by atoms with Crippen LogP contribution in [0.2, 0.25) is 5.15 Å². The van der Waals surface area contributed by atoms with Gasteiger partial charge in [-0.15, -0.1) is 0 Å². The van der Waals surface area contributed by atoms with Gasteiger partial charge in [0.15, 0.2) is 0 Å². The van der Waals surface area contributed by atoms with Crippen LogP contribution in [-0.2, 0) is 4.74 Å². The maximum Gasteiger partial charge on any atom is 0.300 e. The van der Waals surface area contributed by atoms with E-state index in [1.165, 1.54) is 6.07 Å². The summed E-state index contributed by atoms with van der Waals surface area (Å²) in [5, 5.41) is 13.5. The van der Waals surface area contributed by atoms with Crippen molar-refractivity contribution in [2.45, 2.75) is 32.8 Å². The maximum atomic E-state index is 11.9. The Hall–Kier alpha value is -1.73. The molecule has 0 fully saturated rings. The number of carbonyl (C=O) groups is 1. The summed E-state index contributed by atoms with van der Waals surface area (Å²) < 4.78 is 5.37. The Bertz CT molecular complexity index is 508. The van der Waals surface area contributed by atoms with E-state index in [1.54, 1.807) is 0 Å². The molecule has 1 heterocycles. The zero-order valence-corrected chi connectivity index (χ0v) is 12.7. The van der Waals surface area contributed by atoms with Crippen molar-refractivity contribution in [3.8, 4) is 0 Å². The molecule has 0 aliphatic heterocycles. The summed E-state index contributed by atoms with van der Waals surface area (Å²) in [5.41, 5.74) is -0.446. The molecular formula is C13H18ClN3O4. The standard InChI is InChI=1S/C13H18ClN3O4/c1-9(2)21-6-4-3-5-15-13(18)10-7-12(14)16-8-11(10)17(19)20/h7-9H,3-6H2,1-2H3,(H,15,18). The maximum absolute atomic E-state index is 11.9. The van der Waals surface area contributed by atoms with Gasteiger partial charge >= 0.3 is 0 Å². The van der Waals surface area contributed by atoms with Crippen LogP contribution in [0, 0.1) is 10.1 Å². The molecule has 0 aromatic carbocycles. The molecular weight excluding hydrogens is 298 g/mol. The Morgan fingerprint density at radius 2 is 2.24 bits per heavy atom. The third-order valence-corrected chi connectivity index (χ3v) is 2.81. The minimum atomic E-state index is -0.658. The lowest BCUT2D eigenvalue weighted by atomic mass is 10.2. The van der Waals surface area contributed by atoms with Gasteiger partial charge in [-0.3, -0.25) is 14.9 Å². The van der Waals surface area contributed by atoms with Gasteiger partial charge in [0.05, 0.1) is 11.0 Å². The zero-order chi connectivity index (χ0) is 15.8. The minimum absolute atomic E-state index is 0.0380. The van der Waals surface area contributed by atoms with E-state index < -0.39 is 10.8 Å². The average molecular weight is 316 g/mol. The molecule has 1 aromatic heterocycles. The normalized spacial score (nSPS) is 10.7. The van der Waals surface area contributed by atoms with Crippen LogP contribution >= 0.6 is 11.6 Å². The summed E-state index contributed by atoms with van der Waals surface area (Å²) >= 11 is 5.67. The van der Waals surface area contributed by atoms with Gasteiger partial charge in [0.25, 0.3) is 11.6 Å². The first-order valence-electron chi connectivity index (χ1n) is 6.61. The molecule has 1 rings (SSSR count). The number of aromatic nitrogens is 1. The van der Waals surface area contributed by atoms with Crippen molar-refractivity contribution in [1.29, 1.82) is 0 Å². The van der Waals surface area contributed by atoms with Gasteiger partial charge in [0.2, 0.25) is 0 Å². The van der Waals surface area contributed by atoms with Crippen molar-refractivity contribution in [3.05, 3.63) is 33.1 Å². The number of nitrogens with one attached hydrogen (secondary N) is 1. The molecule has 0 unspecified atom stereocenters. The van der Waals surface area contributed by atoms with Crippen LogP contribution in [0.1, 0.15) is 37.0 Å². The first-order valence-corrected chi connectivity index (χ1v) is 6.99. The summed E-state index contributed by atoms with van der Waals surface area (Å²) in [7, 11) is 0. The second kappa shape index (κ2) is 8.53. The number of pyridine rings is 1. The largest absolute Gasteiger partial charge is 0.379 e. The Morgan fingerprint density at radius 3 is 2.86 bits per heavy atom. The van der Waals surface area contributed by atoms with Crippen molar-refractivity contribution in [2.75, 3.05) is 13.2 Å². The van der Waals surface area contributed by atoms with Gasteiger partial charge in [-0.25, -0.2) is 4.98 Å². The molecule has 0 spiro atoms. The fourth-order valence-corrected chi connectivity index (χ4v) is 1.75. The third kappa shape index (κ3) is 6.05. The monoisotopic (exact) mass is 315 g/mol. The molecule has 0 atom stereocenters. The second-order valence-corrected chi connectivity index (χ2v) is 5.05. The molecule has 0 radical (unpaired) electrons. The quantitative estimate of drug-likeness (QED) is 0.344. The summed E-state index contributed by atoms with van der Waals surface area (Å²) in [6.45, 7) is 4.94. The minimum Gasteiger partial charge on any atom is -0.379 e. The van der Waals surface area contributed by atoms with Gasteiger partial charge in [-0.1, -0.05) is 11.6 Å². The molecule has 1 amide bonds. The van der Waals surface area contributed by atoms with Crippen LogP contribution in [0.15, 0.2) is 12.3 Å². The van der Waals surface area contributed by atoms with Crippen LogP contribution in [0.4, 0.5) is 5.69 Å². The van der Waals surface area contributed by atoms with E-state index in [0.717, 1.165) is 19.0 Å². The first-order chi connectivity index (χ1) is 9.91. The van der Waals surface area contributed by atoms with Crippen molar-refractivity contribution in [2.24, 2.45) is 0 Å². The fourth-order valence-electron chi connectivity index (χ4n) is 1.59. The highest BCUT2D eigenvalue weighted by Crippen LogP contribution is 2.20. The lowest BCUT2D eigenvalue weighted by Gasteiger charge is -2.08. The van der Waals surface area contributed by atoms with E-state index in [9.17, 15) is 14.9 Å². The highest BCUT2D eigenvalue weighted by molar-refractivity contribution is 6.29. The molecule has 0 saturated carbocycles. The molecule has 1 N–H and O–H groups in total. The van der Waals surface area contributed by atoms with Crippen molar-refractivity contribution < 1.29 is 14.5 Å². The predicted octanol–water partition coefficient (Wildman–Crippen LogP) is 2.58. The number of halogens is 1. The summed E-state index contributed by atoms with van der Waals surface area (Å²) in [5.74, 6) is -0.532. The van der Waals surface area contributed by atoms with Crippen molar-refractivity contribution in [1.82, 2.24) is 10.3 Å². The Morgan fingerprint density at radius 1 is 1.52 bits per heavy atom. The molecule has 21 heavy (non-hydrogen) atoms. The number of nitro groups is 1. The number of carbonyl (C=O) groups excluding carboxylic acids is 1. The third-order valence-electron chi connectivity index (χ3n) is 2.60. The molecule has 1 aromatic rings. The number of amides is 1. The van der Waals surface area contributed by atoms with Gasteiger partial charge in [-0.2, -0.15) is 0 Å². The number of ether oxygens (including phenoxy) is 1. The lowest BCUT2D eigenvalue weighted by Crippen LogP contribution is -2.25. The van der Waals surface area contributed by atoms with Gasteiger partial charge in [-0.05, 0) is 32.8 Å². The number of rotatable bonds is 8. The average Bonchev–Trinajstić information content (AvgIpc) is 2.41. The van der Waals surface area contributed by atoms with Gasteiger partial charge in [0.1, 0.15) is 16.9 Å². The molecule has 0 aliphatic rings. The Labute approximate surface area is 127 Å². The van der Waals surface area contributed by atoms with E-state index in [0.29, 0.717) is 13.2 Å². The van der Waals surface area contributed by atoms with Gasteiger partial charge < -0.3 is 10.1 Å². The number of hydrogen-bond donors (Lipinski definition) is 1. The highest BCUT2D eigenvalue weighted by atomic mass is 35.5. The van der Waals surface area contributed by atoms with Crippen LogP contribution in [0.3, 0.4) is 0 Å². The molecule has 116 valence electrons. The summed E-state index contributed by atoms with van der Waals surface area (Å²) in [6, 6.07) is 1.19. The fraction of sp³-hybridized carbons (Fsp3) is 0.538. The van der Waals surface area contributed by atoms with E-state index in [2.05, 4.69) is 10.3 Å². The smallest absolute Gasteiger partial charge is 0.300 e. The van der Waals surface area contributed by atoms with Crippen LogP contribution in [0.25, 0.3) is 0 Å². The molecule has 0 saturated heterocycles. The van der Waals surface area contributed by atoms with E-state index in [4.69, 9.17) is 16.3 Å². The summed E-state index contributed by atoms with van der Waals surface area (Å²) in [6.07, 6.45) is 2.69. The lowest BCUT2D eigenvalue weighted by molar-refractivity contribution is -0.385. The number of hydrogen-bond acceptors (Lipinski definition) is 5. The molecule has 7 nitrogen and oxygen atoms in total. The SMILES string of the molecule is CC(C)OCCCCNC(=O)c1cc(Cl)ncc1[N+](=O)[O-]. The zero-order valence-electron chi connectivity index (χ0n) is 12.0. The van der Waals surface area contributed by atoms with Crippen molar-refractivity contribution in [3.63, 3.8) is 0 Å². The van der Waals surface area contributed by atoms with Crippen LogP contribution < -0.4 is 5.32 Å². The first kappa shape index (κ1) is 17.3. The number of unbranched alkanes of at least 4 members (excludes halogenated alkanes) is 1. The Kier molecular flexibility index (Phi) is 7.04. The molecule has 0 bridgehead atoms. The van der Waals surface area contributed by atoms with E-state index in [1.807, 2.05) is 13.8 Å². The van der Waals surface area contributed by atoms with E-state index in [-0.39, 0.29) is 22.5 Å². The Balaban J connectivity index is 2.49. The van der Waals surface area contributed by atoms with Crippen molar-refractivity contribution >= 4 is 23.2 Å².